The summed E-state index contributed by atoms with van der Waals surface area (Å²) in [7, 11) is 0. The van der Waals surface area contributed by atoms with Crippen molar-refractivity contribution in [2.24, 2.45) is 5.92 Å². The van der Waals surface area contributed by atoms with Crippen molar-refractivity contribution in [3.8, 4) is 0 Å². The Balaban J connectivity index is 2.24. The van der Waals surface area contributed by atoms with Crippen LogP contribution >= 0.6 is 0 Å². The quantitative estimate of drug-likeness (QED) is 0.766. The average Bonchev–Trinajstić information content (AvgIpc) is 2.68. The maximum Gasteiger partial charge on any atom is 0.0485 e. The molecule has 0 aliphatic carbocycles. The summed E-state index contributed by atoms with van der Waals surface area (Å²) >= 11 is 0. The van der Waals surface area contributed by atoms with Gasteiger partial charge in [-0.15, -0.1) is 6.58 Å². The first-order valence-electron chi connectivity index (χ1n) is 6.61. The van der Waals surface area contributed by atoms with Gasteiger partial charge in [0.15, 0.2) is 0 Å². The summed E-state index contributed by atoms with van der Waals surface area (Å²) in [5.41, 5.74) is 2.62. The molecule has 2 nitrogen and oxygen atoms in total. The third-order valence-corrected chi connectivity index (χ3v) is 3.07. The number of allylic oxidation sites excluding steroid dienone is 1. The molecule has 2 heteroatoms. The second kappa shape index (κ2) is 5.87. The smallest absolute Gasteiger partial charge is 0.0485 e. The number of hydrogen-bond donors (Lipinski definition) is 1. The first-order valence-corrected chi connectivity index (χ1v) is 6.61. The van der Waals surface area contributed by atoms with Gasteiger partial charge in [-0.1, -0.05) is 38.1 Å². The van der Waals surface area contributed by atoms with E-state index in [1.54, 1.807) is 0 Å². The number of hydrogen-bond acceptors (Lipinski definition) is 1. The van der Waals surface area contributed by atoms with Crippen molar-refractivity contribution < 1.29 is 0 Å². The third kappa shape index (κ3) is 2.82. The monoisotopic (exact) mass is 242 g/mol. The molecule has 18 heavy (non-hydrogen) atoms. The summed E-state index contributed by atoms with van der Waals surface area (Å²) in [4.78, 5) is 0. The molecule has 0 fully saturated rings. The Morgan fingerprint density at radius 1 is 1.33 bits per heavy atom. The molecule has 1 heterocycles. The highest BCUT2D eigenvalue weighted by atomic mass is 15.0. The van der Waals surface area contributed by atoms with Crippen LogP contribution in [-0.2, 0) is 13.1 Å². The van der Waals surface area contributed by atoms with Crippen LogP contribution in [0.3, 0.4) is 0 Å². The predicted octanol–water partition coefficient (Wildman–Crippen LogP) is 3.57. The number of rotatable bonds is 6. The van der Waals surface area contributed by atoms with Gasteiger partial charge in [-0.25, -0.2) is 0 Å². The maximum absolute atomic E-state index is 3.85. The van der Waals surface area contributed by atoms with Gasteiger partial charge in [0, 0.05) is 24.3 Å². The highest BCUT2D eigenvalue weighted by Gasteiger charge is 2.06. The molecule has 0 radical (unpaired) electrons. The number of nitrogens with one attached hydrogen (secondary N) is 1. The summed E-state index contributed by atoms with van der Waals surface area (Å²) in [6.45, 7) is 11.1. The van der Waals surface area contributed by atoms with Crippen LogP contribution in [0.15, 0.2) is 43.0 Å². The van der Waals surface area contributed by atoms with Gasteiger partial charge in [-0.3, -0.25) is 0 Å². The molecule has 1 aromatic carbocycles. The Labute approximate surface area is 109 Å². The molecule has 0 spiro atoms. The van der Waals surface area contributed by atoms with E-state index >= 15 is 0 Å². The Kier molecular flexibility index (Phi) is 4.21. The van der Waals surface area contributed by atoms with E-state index < -0.39 is 0 Å². The minimum absolute atomic E-state index is 0.683. The first-order chi connectivity index (χ1) is 8.72. The van der Waals surface area contributed by atoms with Crippen molar-refractivity contribution >= 4 is 10.9 Å². The van der Waals surface area contributed by atoms with Gasteiger partial charge in [-0.05, 0) is 30.0 Å². The lowest BCUT2D eigenvalue weighted by atomic mass is 10.2. The molecule has 0 aliphatic heterocycles. The Morgan fingerprint density at radius 2 is 2.11 bits per heavy atom. The van der Waals surface area contributed by atoms with Gasteiger partial charge < -0.3 is 9.88 Å². The van der Waals surface area contributed by atoms with Crippen LogP contribution in [0.2, 0.25) is 0 Å². The Hall–Kier alpha value is -1.54. The van der Waals surface area contributed by atoms with Crippen LogP contribution in [-0.4, -0.2) is 11.1 Å². The normalized spacial score (nSPS) is 11.3. The van der Waals surface area contributed by atoms with E-state index in [2.05, 4.69) is 60.6 Å². The molecule has 2 rings (SSSR count). The van der Waals surface area contributed by atoms with E-state index in [9.17, 15) is 0 Å². The van der Waals surface area contributed by atoms with Crippen molar-refractivity contribution in [2.45, 2.75) is 26.9 Å². The van der Waals surface area contributed by atoms with E-state index in [4.69, 9.17) is 0 Å². The van der Waals surface area contributed by atoms with Gasteiger partial charge in [0.2, 0.25) is 0 Å². The van der Waals surface area contributed by atoms with Crippen molar-refractivity contribution in [1.29, 1.82) is 0 Å². The van der Waals surface area contributed by atoms with Crippen molar-refractivity contribution in [2.75, 3.05) is 6.54 Å². The lowest BCUT2D eigenvalue weighted by molar-refractivity contribution is 0.541. The van der Waals surface area contributed by atoms with Crippen LogP contribution in [0.5, 0.6) is 0 Å². The zero-order valence-corrected chi connectivity index (χ0v) is 11.3. The van der Waals surface area contributed by atoms with Gasteiger partial charge >= 0.3 is 0 Å². The van der Waals surface area contributed by atoms with Gasteiger partial charge in [0.1, 0.15) is 0 Å². The number of para-hydroxylation sites is 1. The fourth-order valence-electron chi connectivity index (χ4n) is 2.25. The standard InChI is InChI=1S/C16H22N2/c1-4-9-18-15(12-17-11-13(2)3)10-14-7-5-6-8-16(14)18/h4-8,10,13,17H,1,9,11-12H2,2-3H3. The summed E-state index contributed by atoms with van der Waals surface area (Å²) in [5.74, 6) is 0.683. The topological polar surface area (TPSA) is 17.0 Å². The van der Waals surface area contributed by atoms with Gasteiger partial charge in [0.05, 0.1) is 0 Å². The molecule has 0 unspecified atom stereocenters. The van der Waals surface area contributed by atoms with Crippen LogP contribution < -0.4 is 5.32 Å². The van der Waals surface area contributed by atoms with Crippen LogP contribution in [0.1, 0.15) is 19.5 Å². The molecule has 2 aromatic rings. The molecule has 0 aliphatic rings. The fraction of sp³-hybridized carbons (Fsp3) is 0.375. The molecule has 1 N–H and O–H groups in total. The number of fused-ring (bicyclic) bond motifs is 1. The minimum Gasteiger partial charge on any atom is -0.339 e. The lowest BCUT2D eigenvalue weighted by Gasteiger charge is -2.10. The van der Waals surface area contributed by atoms with E-state index in [1.165, 1.54) is 16.6 Å². The summed E-state index contributed by atoms with van der Waals surface area (Å²) < 4.78 is 2.33. The third-order valence-electron chi connectivity index (χ3n) is 3.07. The lowest BCUT2D eigenvalue weighted by Crippen LogP contribution is -2.20. The van der Waals surface area contributed by atoms with E-state index in [0.29, 0.717) is 5.92 Å². The zero-order valence-electron chi connectivity index (χ0n) is 11.3. The molecular formula is C16H22N2. The average molecular weight is 242 g/mol. The molecule has 0 saturated carbocycles. The molecule has 96 valence electrons. The predicted molar refractivity (Wildman–Crippen MR) is 78.7 cm³/mol. The number of nitrogens with zero attached hydrogens (tertiary/aromatic N) is 1. The molecular weight excluding hydrogens is 220 g/mol. The maximum atomic E-state index is 3.85. The second-order valence-electron chi connectivity index (χ2n) is 5.12. The van der Waals surface area contributed by atoms with Crippen LogP contribution in [0, 0.1) is 5.92 Å². The Bertz CT molecular complexity index is 523. The van der Waals surface area contributed by atoms with Gasteiger partial charge in [0.25, 0.3) is 0 Å². The molecule has 0 bridgehead atoms. The van der Waals surface area contributed by atoms with E-state index in [-0.39, 0.29) is 0 Å². The second-order valence-corrected chi connectivity index (χ2v) is 5.12. The summed E-state index contributed by atoms with van der Waals surface area (Å²) in [5, 5.41) is 4.81. The SMILES string of the molecule is C=CCn1c(CNCC(C)C)cc2ccccc21. The van der Waals surface area contributed by atoms with E-state index in [0.717, 1.165) is 19.6 Å². The van der Waals surface area contributed by atoms with Crippen molar-refractivity contribution in [3.63, 3.8) is 0 Å². The summed E-state index contributed by atoms with van der Waals surface area (Å²) in [6.07, 6.45) is 1.96. The fourth-order valence-corrected chi connectivity index (χ4v) is 2.25. The number of benzene rings is 1. The van der Waals surface area contributed by atoms with Crippen LogP contribution in [0.25, 0.3) is 10.9 Å². The molecule has 1 aromatic heterocycles. The van der Waals surface area contributed by atoms with E-state index in [1.807, 2.05) is 6.08 Å². The largest absolute Gasteiger partial charge is 0.339 e. The highest BCUT2D eigenvalue weighted by molar-refractivity contribution is 5.81. The van der Waals surface area contributed by atoms with Gasteiger partial charge in [-0.2, -0.15) is 0 Å². The Morgan fingerprint density at radius 3 is 2.83 bits per heavy atom. The van der Waals surface area contributed by atoms with Crippen molar-refractivity contribution in [3.05, 3.63) is 48.7 Å². The molecule has 0 atom stereocenters. The molecule has 0 saturated heterocycles. The molecule has 0 amide bonds. The highest BCUT2D eigenvalue weighted by Crippen LogP contribution is 2.19. The summed E-state index contributed by atoms with van der Waals surface area (Å²) in [6, 6.07) is 10.8. The minimum atomic E-state index is 0.683. The van der Waals surface area contributed by atoms with Crippen molar-refractivity contribution in [1.82, 2.24) is 9.88 Å². The first kappa shape index (κ1) is 12.9. The number of aromatic nitrogens is 1. The zero-order chi connectivity index (χ0) is 13.0. The van der Waals surface area contributed by atoms with Crippen LogP contribution in [0.4, 0.5) is 0 Å².